The van der Waals surface area contributed by atoms with Crippen LogP contribution in [0.4, 0.5) is 0 Å². The molecular formula is C11H12O2S. The molecule has 0 unspecified atom stereocenters. The van der Waals surface area contributed by atoms with Crippen LogP contribution in [0.15, 0.2) is 28.8 Å². The van der Waals surface area contributed by atoms with Crippen LogP contribution < -0.4 is 0 Å². The van der Waals surface area contributed by atoms with Gasteiger partial charge in [-0.1, -0.05) is 6.07 Å². The minimum atomic E-state index is 0.124. The van der Waals surface area contributed by atoms with Gasteiger partial charge in [-0.2, -0.15) is 0 Å². The van der Waals surface area contributed by atoms with Crippen LogP contribution in [-0.4, -0.2) is 12.4 Å². The summed E-state index contributed by atoms with van der Waals surface area (Å²) in [6, 6.07) is 4.06. The molecular weight excluding hydrogens is 196 g/mol. The van der Waals surface area contributed by atoms with Crippen molar-refractivity contribution in [2.24, 2.45) is 0 Å². The zero-order valence-electron chi connectivity index (χ0n) is 8.24. The summed E-state index contributed by atoms with van der Waals surface area (Å²) >= 11 is 1.68. The van der Waals surface area contributed by atoms with Crippen LogP contribution in [0.5, 0.6) is 0 Å². The molecule has 0 radical (unpaired) electrons. The Balaban J connectivity index is 2.36. The first-order valence-corrected chi connectivity index (χ1v) is 5.46. The second-order valence-corrected chi connectivity index (χ2v) is 4.38. The van der Waals surface area contributed by atoms with Gasteiger partial charge in [-0.15, -0.1) is 11.3 Å². The normalized spacial score (nSPS) is 21.1. The fourth-order valence-electron chi connectivity index (χ4n) is 1.82. The molecule has 14 heavy (non-hydrogen) atoms. The predicted octanol–water partition coefficient (Wildman–Crippen LogP) is 2.72. The summed E-state index contributed by atoms with van der Waals surface area (Å²) in [5.74, 6) is 1.07. The summed E-state index contributed by atoms with van der Waals surface area (Å²) in [6.45, 7) is 4.08. The molecule has 0 fully saturated rings. The fourth-order valence-corrected chi connectivity index (χ4v) is 2.64. The summed E-state index contributed by atoms with van der Waals surface area (Å²) < 4.78 is 5.43. The van der Waals surface area contributed by atoms with Crippen LogP contribution in [-0.2, 0) is 9.53 Å². The van der Waals surface area contributed by atoms with Crippen molar-refractivity contribution < 1.29 is 9.53 Å². The molecule has 2 heterocycles. The molecule has 0 aliphatic carbocycles. The number of carbonyl (C=O) groups is 1. The predicted molar refractivity (Wildman–Crippen MR) is 56.4 cm³/mol. The molecule has 0 spiro atoms. The molecule has 0 N–H and O–H groups in total. The lowest BCUT2D eigenvalue weighted by molar-refractivity contribution is -0.113. The van der Waals surface area contributed by atoms with E-state index >= 15 is 0 Å². The number of ketones is 1. The first-order chi connectivity index (χ1) is 6.70. The Morgan fingerprint density at radius 2 is 2.43 bits per heavy atom. The zero-order valence-corrected chi connectivity index (χ0v) is 9.06. The number of hydrogen-bond donors (Lipinski definition) is 0. The summed E-state index contributed by atoms with van der Waals surface area (Å²) in [4.78, 5) is 12.6. The van der Waals surface area contributed by atoms with Crippen LogP contribution in [0, 0.1) is 0 Å². The smallest absolute Gasteiger partial charge is 0.159 e. The highest BCUT2D eigenvalue weighted by molar-refractivity contribution is 7.10. The van der Waals surface area contributed by atoms with Crippen LogP contribution in [0.25, 0.3) is 0 Å². The number of hydrogen-bond acceptors (Lipinski definition) is 3. The number of rotatable bonds is 2. The quantitative estimate of drug-likeness (QED) is 0.747. The Morgan fingerprint density at radius 1 is 1.64 bits per heavy atom. The van der Waals surface area contributed by atoms with Crippen LogP contribution in [0.2, 0.25) is 0 Å². The number of ether oxygens (including phenoxy) is 1. The van der Waals surface area contributed by atoms with Crippen molar-refractivity contribution in [3.8, 4) is 0 Å². The molecule has 1 aromatic heterocycles. The number of Topliss-reactive ketones (excluding diaryl/α,β-unsaturated/α-hetero) is 1. The minimum absolute atomic E-state index is 0.124. The Kier molecular flexibility index (Phi) is 2.42. The third-order valence-electron chi connectivity index (χ3n) is 2.46. The Labute approximate surface area is 87.2 Å². The van der Waals surface area contributed by atoms with Gasteiger partial charge in [0, 0.05) is 10.5 Å². The number of carbonyl (C=O) groups excluding carboxylic acids is 1. The molecule has 0 saturated carbocycles. The van der Waals surface area contributed by atoms with Gasteiger partial charge in [0.25, 0.3) is 0 Å². The summed E-state index contributed by atoms with van der Waals surface area (Å²) in [5.41, 5.74) is 0.840. The van der Waals surface area contributed by atoms with Gasteiger partial charge in [0.05, 0.1) is 12.5 Å². The molecule has 0 amide bonds. The van der Waals surface area contributed by atoms with Crippen molar-refractivity contribution in [2.45, 2.75) is 19.8 Å². The highest BCUT2D eigenvalue weighted by atomic mass is 32.1. The standard InChI is InChI=1S/C11H12O2S/c1-7(12)11-8(2)13-6-9(11)10-4-3-5-14-10/h3-5,9H,6H2,1-2H3/t9-/m1/s1. The van der Waals surface area contributed by atoms with Crippen LogP contribution in [0.1, 0.15) is 24.6 Å². The van der Waals surface area contributed by atoms with Crippen molar-refractivity contribution in [3.05, 3.63) is 33.7 Å². The average Bonchev–Trinajstić information content (AvgIpc) is 2.70. The maximum atomic E-state index is 11.4. The lowest BCUT2D eigenvalue weighted by Crippen LogP contribution is -2.06. The van der Waals surface area contributed by atoms with Gasteiger partial charge < -0.3 is 4.74 Å². The van der Waals surface area contributed by atoms with E-state index in [0.29, 0.717) is 6.61 Å². The largest absolute Gasteiger partial charge is 0.497 e. The highest BCUT2D eigenvalue weighted by Crippen LogP contribution is 2.36. The van der Waals surface area contributed by atoms with Gasteiger partial charge in [0.2, 0.25) is 0 Å². The minimum Gasteiger partial charge on any atom is -0.497 e. The lowest BCUT2D eigenvalue weighted by Gasteiger charge is -2.07. The molecule has 0 bridgehead atoms. The molecule has 3 heteroatoms. The van der Waals surface area contributed by atoms with Crippen molar-refractivity contribution in [2.75, 3.05) is 6.61 Å². The summed E-state index contributed by atoms with van der Waals surface area (Å²) in [7, 11) is 0. The average molecular weight is 208 g/mol. The summed E-state index contributed by atoms with van der Waals surface area (Å²) in [5, 5.41) is 2.03. The van der Waals surface area contributed by atoms with Gasteiger partial charge in [0.1, 0.15) is 5.76 Å². The van der Waals surface area contributed by atoms with Gasteiger partial charge >= 0.3 is 0 Å². The van der Waals surface area contributed by atoms with E-state index in [9.17, 15) is 4.79 Å². The second kappa shape index (κ2) is 3.58. The molecule has 0 aromatic carbocycles. The number of thiophene rings is 1. The summed E-state index contributed by atoms with van der Waals surface area (Å²) in [6.07, 6.45) is 0. The van der Waals surface area contributed by atoms with E-state index in [-0.39, 0.29) is 11.7 Å². The van der Waals surface area contributed by atoms with E-state index < -0.39 is 0 Å². The maximum Gasteiger partial charge on any atom is 0.159 e. The number of allylic oxidation sites excluding steroid dienone is 1. The van der Waals surface area contributed by atoms with Gasteiger partial charge in [-0.3, -0.25) is 4.79 Å². The Morgan fingerprint density at radius 3 is 3.00 bits per heavy atom. The molecule has 1 aliphatic rings. The molecule has 2 nitrogen and oxygen atoms in total. The SMILES string of the molecule is CC(=O)C1=C(C)OC[C@@H]1c1cccs1. The van der Waals surface area contributed by atoms with Crippen LogP contribution >= 0.6 is 11.3 Å². The van der Waals surface area contributed by atoms with E-state index in [1.807, 2.05) is 18.4 Å². The second-order valence-electron chi connectivity index (χ2n) is 3.41. The van der Waals surface area contributed by atoms with Crippen LogP contribution in [0.3, 0.4) is 0 Å². The van der Waals surface area contributed by atoms with E-state index in [1.54, 1.807) is 18.3 Å². The fraction of sp³-hybridized carbons (Fsp3) is 0.364. The van der Waals surface area contributed by atoms with Gasteiger partial charge in [-0.05, 0) is 25.3 Å². The van der Waals surface area contributed by atoms with Gasteiger partial charge in [0.15, 0.2) is 5.78 Å². The Bertz CT molecular complexity index is 376. The first kappa shape index (κ1) is 9.46. The van der Waals surface area contributed by atoms with Crippen molar-refractivity contribution >= 4 is 17.1 Å². The molecule has 0 saturated heterocycles. The van der Waals surface area contributed by atoms with E-state index in [2.05, 4.69) is 6.07 Å². The van der Waals surface area contributed by atoms with E-state index in [0.717, 1.165) is 11.3 Å². The highest BCUT2D eigenvalue weighted by Gasteiger charge is 2.29. The maximum absolute atomic E-state index is 11.4. The van der Waals surface area contributed by atoms with Crippen molar-refractivity contribution in [1.82, 2.24) is 0 Å². The Hall–Kier alpha value is -1.09. The molecule has 1 atom stereocenters. The van der Waals surface area contributed by atoms with E-state index in [1.165, 1.54) is 4.88 Å². The van der Waals surface area contributed by atoms with Gasteiger partial charge in [-0.25, -0.2) is 0 Å². The third-order valence-corrected chi connectivity index (χ3v) is 3.45. The molecule has 74 valence electrons. The first-order valence-electron chi connectivity index (χ1n) is 4.58. The third kappa shape index (κ3) is 1.48. The van der Waals surface area contributed by atoms with Crippen molar-refractivity contribution in [3.63, 3.8) is 0 Å². The zero-order chi connectivity index (χ0) is 10.1. The lowest BCUT2D eigenvalue weighted by atomic mass is 9.96. The topological polar surface area (TPSA) is 26.3 Å². The monoisotopic (exact) mass is 208 g/mol. The molecule has 1 aromatic rings. The molecule has 1 aliphatic heterocycles. The van der Waals surface area contributed by atoms with Crippen molar-refractivity contribution in [1.29, 1.82) is 0 Å². The van der Waals surface area contributed by atoms with E-state index in [4.69, 9.17) is 4.74 Å². The molecule has 2 rings (SSSR count).